The van der Waals surface area contributed by atoms with Gasteiger partial charge in [-0.2, -0.15) is 0 Å². The molecule has 2 atom stereocenters. The number of hydrogen-bond acceptors (Lipinski definition) is 3. The summed E-state index contributed by atoms with van der Waals surface area (Å²) in [7, 11) is 0. The molecule has 1 heterocycles. The van der Waals surface area contributed by atoms with Crippen molar-refractivity contribution in [1.82, 2.24) is 0 Å². The summed E-state index contributed by atoms with van der Waals surface area (Å²) >= 11 is 0. The van der Waals surface area contributed by atoms with Crippen molar-refractivity contribution in [2.24, 2.45) is 0 Å². The van der Waals surface area contributed by atoms with Gasteiger partial charge in [0.15, 0.2) is 5.79 Å². The van der Waals surface area contributed by atoms with Gasteiger partial charge >= 0.3 is 0 Å². The lowest BCUT2D eigenvalue weighted by molar-refractivity contribution is -0.135. The molecule has 0 radical (unpaired) electrons. The molecule has 76 valence electrons. The van der Waals surface area contributed by atoms with Crippen LogP contribution in [0.1, 0.15) is 26.7 Å². The number of aliphatic hydroxyl groups excluding tert-OH is 1. The van der Waals surface area contributed by atoms with Gasteiger partial charge in [-0.3, -0.25) is 0 Å². The van der Waals surface area contributed by atoms with Crippen LogP contribution in [0.15, 0.2) is 12.2 Å². The van der Waals surface area contributed by atoms with Gasteiger partial charge in [0.2, 0.25) is 0 Å². The van der Waals surface area contributed by atoms with Crippen LogP contribution in [0.2, 0.25) is 0 Å². The first-order valence-corrected chi connectivity index (χ1v) is 4.86. The Labute approximate surface area is 79.3 Å². The van der Waals surface area contributed by atoms with Crippen molar-refractivity contribution in [3.63, 3.8) is 0 Å². The Balaban J connectivity index is 2.57. The summed E-state index contributed by atoms with van der Waals surface area (Å²) in [6, 6.07) is 0. The lowest BCUT2D eigenvalue weighted by atomic mass is 10.2. The minimum Gasteiger partial charge on any atom is -0.394 e. The lowest BCUT2D eigenvalue weighted by Gasteiger charge is -2.22. The van der Waals surface area contributed by atoms with Crippen LogP contribution in [0.25, 0.3) is 0 Å². The quantitative estimate of drug-likeness (QED) is 0.676. The van der Waals surface area contributed by atoms with Crippen molar-refractivity contribution >= 4 is 0 Å². The summed E-state index contributed by atoms with van der Waals surface area (Å²) < 4.78 is 11.1. The minimum absolute atomic E-state index is 0.0295. The largest absolute Gasteiger partial charge is 0.394 e. The highest BCUT2D eigenvalue weighted by atomic mass is 16.7. The first-order chi connectivity index (χ1) is 6.26. The topological polar surface area (TPSA) is 38.7 Å². The van der Waals surface area contributed by atoms with Gasteiger partial charge in [0.05, 0.1) is 13.2 Å². The van der Waals surface area contributed by atoms with Gasteiger partial charge in [0, 0.05) is 6.42 Å². The van der Waals surface area contributed by atoms with Gasteiger partial charge in [0.1, 0.15) is 6.10 Å². The van der Waals surface area contributed by atoms with E-state index in [1.165, 1.54) is 0 Å². The number of allylic oxidation sites excluding steroid dienone is 1. The van der Waals surface area contributed by atoms with Gasteiger partial charge in [0.25, 0.3) is 0 Å². The van der Waals surface area contributed by atoms with Gasteiger partial charge in [-0.05, 0) is 12.5 Å². The third-order valence-corrected chi connectivity index (χ3v) is 2.18. The van der Waals surface area contributed by atoms with Crippen molar-refractivity contribution in [2.75, 3.05) is 13.2 Å². The lowest BCUT2D eigenvalue weighted by Crippen LogP contribution is -2.28. The van der Waals surface area contributed by atoms with E-state index in [0.29, 0.717) is 6.61 Å². The standard InChI is InChI=1S/C10H18O3/c1-3-5-6-10(4-2)12-8-9(7-11)13-10/h5-6,9,11H,3-4,7-8H2,1-2H3/b6-5+. The normalized spacial score (nSPS) is 34.5. The van der Waals surface area contributed by atoms with Crippen LogP contribution in [0, 0.1) is 0 Å². The summed E-state index contributed by atoms with van der Waals surface area (Å²) in [6.07, 6.45) is 5.56. The summed E-state index contributed by atoms with van der Waals surface area (Å²) in [5.41, 5.74) is 0. The maximum Gasteiger partial charge on any atom is 0.188 e. The Kier molecular flexibility index (Phi) is 3.90. The Morgan fingerprint density at radius 3 is 2.77 bits per heavy atom. The maximum absolute atomic E-state index is 8.89. The molecule has 0 amide bonds. The van der Waals surface area contributed by atoms with E-state index in [-0.39, 0.29) is 12.7 Å². The summed E-state index contributed by atoms with van der Waals surface area (Å²) in [6.45, 7) is 4.60. The number of aliphatic hydroxyl groups is 1. The molecule has 3 nitrogen and oxygen atoms in total. The molecule has 1 N–H and O–H groups in total. The molecule has 1 fully saturated rings. The van der Waals surface area contributed by atoms with Gasteiger partial charge in [-0.15, -0.1) is 0 Å². The molecule has 1 rings (SSSR count). The molecule has 0 bridgehead atoms. The van der Waals surface area contributed by atoms with E-state index in [1.54, 1.807) is 0 Å². The van der Waals surface area contributed by atoms with Crippen molar-refractivity contribution in [2.45, 2.75) is 38.6 Å². The summed E-state index contributed by atoms with van der Waals surface area (Å²) in [5.74, 6) is -0.580. The molecule has 0 saturated carbocycles. The number of ether oxygens (including phenoxy) is 2. The monoisotopic (exact) mass is 186 g/mol. The molecule has 0 aromatic heterocycles. The molecule has 1 aliphatic rings. The van der Waals surface area contributed by atoms with E-state index < -0.39 is 5.79 Å². The van der Waals surface area contributed by atoms with Crippen LogP contribution >= 0.6 is 0 Å². The molecule has 13 heavy (non-hydrogen) atoms. The molecule has 0 aromatic carbocycles. The van der Waals surface area contributed by atoms with Crippen LogP contribution in [0.3, 0.4) is 0 Å². The summed E-state index contributed by atoms with van der Waals surface area (Å²) in [5, 5.41) is 8.89. The van der Waals surface area contributed by atoms with Gasteiger partial charge in [-0.25, -0.2) is 0 Å². The van der Waals surface area contributed by atoms with Gasteiger partial charge in [-0.1, -0.05) is 19.9 Å². The van der Waals surface area contributed by atoms with Crippen LogP contribution in [-0.4, -0.2) is 30.2 Å². The zero-order chi connectivity index (χ0) is 9.73. The van der Waals surface area contributed by atoms with Crippen molar-refractivity contribution in [1.29, 1.82) is 0 Å². The van der Waals surface area contributed by atoms with Crippen molar-refractivity contribution < 1.29 is 14.6 Å². The second-order valence-electron chi connectivity index (χ2n) is 3.21. The Morgan fingerprint density at radius 1 is 1.54 bits per heavy atom. The van der Waals surface area contributed by atoms with E-state index in [9.17, 15) is 0 Å². The first-order valence-electron chi connectivity index (χ1n) is 4.86. The smallest absolute Gasteiger partial charge is 0.188 e. The Morgan fingerprint density at radius 2 is 2.31 bits per heavy atom. The fourth-order valence-electron chi connectivity index (χ4n) is 1.36. The van der Waals surface area contributed by atoms with Crippen molar-refractivity contribution in [3.8, 4) is 0 Å². The Bertz CT molecular complexity index is 179. The highest BCUT2D eigenvalue weighted by Crippen LogP contribution is 2.28. The highest BCUT2D eigenvalue weighted by molar-refractivity contribution is 4.98. The molecular formula is C10H18O3. The van der Waals surface area contributed by atoms with Crippen LogP contribution < -0.4 is 0 Å². The van der Waals surface area contributed by atoms with Crippen LogP contribution in [0.5, 0.6) is 0 Å². The van der Waals surface area contributed by atoms with Crippen molar-refractivity contribution in [3.05, 3.63) is 12.2 Å². The second kappa shape index (κ2) is 4.74. The zero-order valence-corrected chi connectivity index (χ0v) is 8.32. The van der Waals surface area contributed by atoms with Crippen LogP contribution in [-0.2, 0) is 9.47 Å². The average molecular weight is 186 g/mol. The van der Waals surface area contributed by atoms with E-state index in [2.05, 4.69) is 6.92 Å². The SMILES string of the molecule is CC/C=C/C1(CC)OCC(CO)O1. The molecule has 2 unspecified atom stereocenters. The van der Waals surface area contributed by atoms with E-state index in [4.69, 9.17) is 14.6 Å². The minimum atomic E-state index is -0.580. The van der Waals surface area contributed by atoms with E-state index in [0.717, 1.165) is 12.8 Å². The number of rotatable bonds is 4. The van der Waals surface area contributed by atoms with E-state index >= 15 is 0 Å². The molecule has 0 aromatic rings. The summed E-state index contributed by atoms with van der Waals surface area (Å²) in [4.78, 5) is 0. The predicted molar refractivity (Wildman–Crippen MR) is 50.4 cm³/mol. The maximum atomic E-state index is 8.89. The highest BCUT2D eigenvalue weighted by Gasteiger charge is 2.37. The predicted octanol–water partition coefficient (Wildman–Crippen LogP) is 1.47. The molecular weight excluding hydrogens is 168 g/mol. The average Bonchev–Trinajstić information content (AvgIpc) is 2.59. The fourth-order valence-corrected chi connectivity index (χ4v) is 1.36. The molecule has 1 saturated heterocycles. The van der Waals surface area contributed by atoms with Crippen LogP contribution in [0.4, 0.5) is 0 Å². The second-order valence-corrected chi connectivity index (χ2v) is 3.21. The first kappa shape index (κ1) is 10.7. The molecule has 1 aliphatic heterocycles. The zero-order valence-electron chi connectivity index (χ0n) is 8.32. The molecule has 0 spiro atoms. The number of hydrogen-bond donors (Lipinski definition) is 1. The third kappa shape index (κ3) is 2.53. The molecule has 3 heteroatoms. The third-order valence-electron chi connectivity index (χ3n) is 2.18. The Hall–Kier alpha value is -0.380. The van der Waals surface area contributed by atoms with Gasteiger partial charge < -0.3 is 14.6 Å². The fraction of sp³-hybridized carbons (Fsp3) is 0.800. The van der Waals surface area contributed by atoms with E-state index in [1.807, 2.05) is 19.1 Å². The molecule has 0 aliphatic carbocycles.